The molecule has 2 aromatic rings. The average molecular weight is 346 g/mol. The van der Waals surface area contributed by atoms with Crippen LogP contribution in [-0.4, -0.2) is 5.16 Å². The van der Waals surface area contributed by atoms with Crippen LogP contribution in [0.3, 0.4) is 0 Å². The van der Waals surface area contributed by atoms with Crippen molar-refractivity contribution in [2.75, 3.05) is 5.73 Å². The SMILES string of the molecule is CCc1c(-c2cc(Br)ccc2Br)noc1N. The lowest BCUT2D eigenvalue weighted by Gasteiger charge is -2.03. The number of nitrogens with two attached hydrogens (primary N) is 1. The second kappa shape index (κ2) is 4.59. The van der Waals surface area contributed by atoms with Gasteiger partial charge in [-0.1, -0.05) is 43.9 Å². The summed E-state index contributed by atoms with van der Waals surface area (Å²) in [7, 11) is 0. The number of hydrogen-bond donors (Lipinski definition) is 1. The molecule has 2 rings (SSSR count). The van der Waals surface area contributed by atoms with Gasteiger partial charge in [-0.2, -0.15) is 0 Å². The summed E-state index contributed by atoms with van der Waals surface area (Å²) in [4.78, 5) is 0. The molecule has 1 heterocycles. The zero-order valence-corrected chi connectivity index (χ0v) is 11.8. The van der Waals surface area contributed by atoms with E-state index < -0.39 is 0 Å². The summed E-state index contributed by atoms with van der Waals surface area (Å²) in [6.45, 7) is 2.03. The number of hydrogen-bond acceptors (Lipinski definition) is 3. The van der Waals surface area contributed by atoms with E-state index in [2.05, 4.69) is 37.0 Å². The summed E-state index contributed by atoms with van der Waals surface area (Å²) < 4.78 is 6.99. The smallest absolute Gasteiger partial charge is 0.225 e. The molecule has 2 N–H and O–H groups in total. The molecule has 0 amide bonds. The number of anilines is 1. The Morgan fingerprint density at radius 2 is 2.12 bits per heavy atom. The van der Waals surface area contributed by atoms with Gasteiger partial charge >= 0.3 is 0 Å². The van der Waals surface area contributed by atoms with Gasteiger partial charge in [0.05, 0.1) is 0 Å². The Morgan fingerprint density at radius 1 is 1.38 bits per heavy atom. The van der Waals surface area contributed by atoms with Gasteiger partial charge in [-0.15, -0.1) is 0 Å². The Hall–Kier alpha value is -0.810. The van der Waals surface area contributed by atoms with Crippen LogP contribution in [0.15, 0.2) is 31.7 Å². The van der Waals surface area contributed by atoms with Crippen LogP contribution in [-0.2, 0) is 6.42 Å². The fourth-order valence-electron chi connectivity index (χ4n) is 1.55. The van der Waals surface area contributed by atoms with Crippen LogP contribution in [0.1, 0.15) is 12.5 Å². The number of aromatic nitrogens is 1. The minimum atomic E-state index is 0.393. The minimum absolute atomic E-state index is 0.393. The Labute approximate surface area is 110 Å². The van der Waals surface area contributed by atoms with Gasteiger partial charge in [-0.25, -0.2) is 0 Å². The highest BCUT2D eigenvalue weighted by atomic mass is 79.9. The molecule has 0 radical (unpaired) electrons. The Balaban J connectivity index is 2.62. The molecule has 0 atom stereocenters. The highest BCUT2D eigenvalue weighted by Gasteiger charge is 2.16. The van der Waals surface area contributed by atoms with Crippen molar-refractivity contribution in [3.8, 4) is 11.3 Å². The van der Waals surface area contributed by atoms with Crippen LogP contribution in [0.5, 0.6) is 0 Å². The van der Waals surface area contributed by atoms with Gasteiger partial charge in [0.1, 0.15) is 5.69 Å². The van der Waals surface area contributed by atoms with E-state index in [1.54, 1.807) is 0 Å². The lowest BCUT2D eigenvalue weighted by atomic mass is 10.1. The molecule has 0 spiro atoms. The largest absolute Gasteiger partial charge is 0.367 e. The van der Waals surface area contributed by atoms with Gasteiger partial charge in [0, 0.05) is 20.1 Å². The molecule has 0 saturated carbocycles. The van der Waals surface area contributed by atoms with Crippen LogP contribution >= 0.6 is 31.9 Å². The predicted molar refractivity (Wildman–Crippen MR) is 71.1 cm³/mol. The summed E-state index contributed by atoms with van der Waals surface area (Å²) in [5.41, 5.74) is 8.44. The van der Waals surface area contributed by atoms with Crippen molar-refractivity contribution >= 4 is 37.7 Å². The zero-order valence-electron chi connectivity index (χ0n) is 8.63. The topological polar surface area (TPSA) is 52.0 Å². The van der Waals surface area contributed by atoms with E-state index in [1.807, 2.05) is 25.1 Å². The monoisotopic (exact) mass is 344 g/mol. The second-order valence-corrected chi connectivity index (χ2v) is 5.12. The van der Waals surface area contributed by atoms with Crippen molar-refractivity contribution in [3.05, 3.63) is 32.7 Å². The molecule has 1 aromatic carbocycles. The Bertz CT molecular complexity index is 523. The molecule has 0 unspecified atom stereocenters. The first-order chi connectivity index (χ1) is 7.63. The molecule has 0 aliphatic carbocycles. The van der Waals surface area contributed by atoms with Crippen LogP contribution in [0.4, 0.5) is 5.88 Å². The average Bonchev–Trinajstić information content (AvgIpc) is 2.63. The first-order valence-electron chi connectivity index (χ1n) is 4.83. The van der Waals surface area contributed by atoms with E-state index in [4.69, 9.17) is 10.3 Å². The fourth-order valence-corrected chi connectivity index (χ4v) is 2.35. The molecular formula is C11H10Br2N2O. The third kappa shape index (κ3) is 2.01. The maximum atomic E-state index is 5.72. The highest BCUT2D eigenvalue weighted by Crippen LogP contribution is 2.34. The Morgan fingerprint density at radius 3 is 2.81 bits per heavy atom. The van der Waals surface area contributed by atoms with Crippen molar-refractivity contribution in [2.24, 2.45) is 0 Å². The van der Waals surface area contributed by atoms with E-state index >= 15 is 0 Å². The van der Waals surface area contributed by atoms with Crippen molar-refractivity contribution in [1.29, 1.82) is 0 Å². The normalized spacial score (nSPS) is 10.7. The number of nitrogens with zero attached hydrogens (tertiary/aromatic N) is 1. The summed E-state index contributed by atoms with van der Waals surface area (Å²) in [6.07, 6.45) is 0.795. The van der Waals surface area contributed by atoms with Crippen LogP contribution < -0.4 is 5.73 Å². The maximum Gasteiger partial charge on any atom is 0.225 e. The van der Waals surface area contributed by atoms with E-state index in [0.29, 0.717) is 5.88 Å². The minimum Gasteiger partial charge on any atom is -0.367 e. The number of rotatable bonds is 2. The molecule has 0 saturated heterocycles. The molecule has 0 fully saturated rings. The lowest BCUT2D eigenvalue weighted by molar-refractivity contribution is 0.438. The molecular weight excluding hydrogens is 336 g/mol. The highest BCUT2D eigenvalue weighted by molar-refractivity contribution is 9.11. The van der Waals surface area contributed by atoms with Gasteiger partial charge < -0.3 is 10.3 Å². The molecule has 0 aliphatic heterocycles. The number of nitrogen functional groups attached to an aromatic ring is 1. The van der Waals surface area contributed by atoms with Crippen molar-refractivity contribution in [3.63, 3.8) is 0 Å². The van der Waals surface area contributed by atoms with E-state index in [-0.39, 0.29) is 0 Å². The quantitative estimate of drug-likeness (QED) is 0.894. The molecule has 16 heavy (non-hydrogen) atoms. The van der Waals surface area contributed by atoms with E-state index in [1.165, 1.54) is 0 Å². The maximum absolute atomic E-state index is 5.72. The lowest BCUT2D eigenvalue weighted by Crippen LogP contribution is -1.90. The van der Waals surface area contributed by atoms with E-state index in [0.717, 1.165) is 32.2 Å². The van der Waals surface area contributed by atoms with Crippen molar-refractivity contribution in [1.82, 2.24) is 5.16 Å². The van der Waals surface area contributed by atoms with Crippen molar-refractivity contribution in [2.45, 2.75) is 13.3 Å². The van der Waals surface area contributed by atoms with Gasteiger partial charge in [0.25, 0.3) is 0 Å². The summed E-state index contributed by atoms with van der Waals surface area (Å²) in [6, 6.07) is 5.91. The third-order valence-electron chi connectivity index (χ3n) is 2.36. The molecule has 3 nitrogen and oxygen atoms in total. The first-order valence-corrected chi connectivity index (χ1v) is 6.41. The van der Waals surface area contributed by atoms with Gasteiger partial charge in [0.15, 0.2) is 0 Å². The molecule has 1 aromatic heterocycles. The third-order valence-corrected chi connectivity index (χ3v) is 3.54. The number of halogens is 2. The first kappa shape index (κ1) is 11.7. The molecule has 84 valence electrons. The predicted octanol–water partition coefficient (Wildman–Crippen LogP) is 4.01. The van der Waals surface area contributed by atoms with Crippen LogP contribution in [0.2, 0.25) is 0 Å². The summed E-state index contributed by atoms with van der Waals surface area (Å²) >= 11 is 6.93. The van der Waals surface area contributed by atoms with Gasteiger partial charge in [-0.3, -0.25) is 0 Å². The van der Waals surface area contributed by atoms with Gasteiger partial charge in [0.2, 0.25) is 5.88 Å². The molecule has 5 heteroatoms. The molecule has 0 aliphatic rings. The van der Waals surface area contributed by atoms with Crippen LogP contribution in [0.25, 0.3) is 11.3 Å². The number of benzene rings is 1. The molecule has 0 bridgehead atoms. The summed E-state index contributed by atoms with van der Waals surface area (Å²) in [5, 5.41) is 4.01. The summed E-state index contributed by atoms with van der Waals surface area (Å²) in [5.74, 6) is 0.393. The standard InChI is InChI=1S/C11H10Br2N2O/c1-2-7-10(15-16-11(7)14)8-5-6(12)3-4-9(8)13/h3-5H,2,14H2,1H3. The van der Waals surface area contributed by atoms with E-state index in [9.17, 15) is 0 Å². The second-order valence-electron chi connectivity index (χ2n) is 3.35. The van der Waals surface area contributed by atoms with Crippen LogP contribution in [0, 0.1) is 0 Å². The van der Waals surface area contributed by atoms with Gasteiger partial charge in [-0.05, 0) is 24.6 Å². The fraction of sp³-hybridized carbons (Fsp3) is 0.182. The van der Waals surface area contributed by atoms with Crippen molar-refractivity contribution < 1.29 is 4.52 Å². The zero-order chi connectivity index (χ0) is 11.7. The Kier molecular flexibility index (Phi) is 3.35.